The van der Waals surface area contributed by atoms with Crippen molar-refractivity contribution in [1.29, 1.82) is 5.26 Å². The first-order valence-corrected chi connectivity index (χ1v) is 8.23. The molecule has 0 aromatic heterocycles. The van der Waals surface area contributed by atoms with E-state index in [1.807, 2.05) is 13.8 Å². The van der Waals surface area contributed by atoms with Gasteiger partial charge in [0.15, 0.2) is 9.84 Å². The molecule has 98 valence electrons. The summed E-state index contributed by atoms with van der Waals surface area (Å²) in [6, 6.07) is 2.20. The third-order valence-electron chi connectivity index (χ3n) is 3.67. The van der Waals surface area contributed by atoms with Crippen molar-refractivity contribution < 1.29 is 8.42 Å². The van der Waals surface area contributed by atoms with Crippen LogP contribution in [-0.2, 0) is 9.84 Å². The molecule has 3 nitrogen and oxygen atoms in total. The second-order valence-electron chi connectivity index (χ2n) is 5.58. The van der Waals surface area contributed by atoms with Crippen LogP contribution in [0.1, 0.15) is 46.5 Å². The molecule has 0 heterocycles. The quantitative estimate of drug-likeness (QED) is 0.778. The molecule has 0 aliphatic heterocycles. The molecule has 1 aliphatic rings. The van der Waals surface area contributed by atoms with Crippen LogP contribution in [0, 0.1) is 29.1 Å². The predicted molar refractivity (Wildman–Crippen MR) is 69.1 cm³/mol. The third kappa shape index (κ3) is 3.70. The largest absolute Gasteiger partial charge is 0.228 e. The summed E-state index contributed by atoms with van der Waals surface area (Å²) in [5.74, 6) is 0.543. The average molecular weight is 257 g/mol. The molecule has 1 fully saturated rings. The highest BCUT2D eigenvalue weighted by molar-refractivity contribution is 7.92. The normalized spacial score (nSPS) is 30.2. The van der Waals surface area contributed by atoms with E-state index in [0.29, 0.717) is 12.3 Å². The van der Waals surface area contributed by atoms with Crippen LogP contribution in [0.4, 0.5) is 0 Å². The van der Waals surface area contributed by atoms with Crippen molar-refractivity contribution >= 4 is 9.84 Å². The summed E-state index contributed by atoms with van der Waals surface area (Å²) >= 11 is 0. The van der Waals surface area contributed by atoms with Crippen molar-refractivity contribution in [2.45, 2.75) is 51.7 Å². The highest BCUT2D eigenvalue weighted by atomic mass is 32.2. The Morgan fingerprint density at radius 2 is 2.00 bits per heavy atom. The first-order chi connectivity index (χ1) is 7.90. The van der Waals surface area contributed by atoms with Gasteiger partial charge in [0.05, 0.1) is 23.0 Å². The van der Waals surface area contributed by atoms with Gasteiger partial charge in [-0.3, -0.25) is 0 Å². The fourth-order valence-corrected chi connectivity index (χ4v) is 5.15. The van der Waals surface area contributed by atoms with E-state index in [4.69, 9.17) is 5.26 Å². The van der Waals surface area contributed by atoms with Gasteiger partial charge in [-0.1, -0.05) is 27.2 Å². The number of nitriles is 1. The molecule has 0 radical (unpaired) electrons. The maximum Gasteiger partial charge on any atom is 0.154 e. The Labute approximate surface area is 105 Å². The Morgan fingerprint density at radius 3 is 2.47 bits per heavy atom. The fourth-order valence-electron chi connectivity index (χ4n) is 2.72. The van der Waals surface area contributed by atoms with Gasteiger partial charge < -0.3 is 0 Å². The summed E-state index contributed by atoms with van der Waals surface area (Å²) in [6.45, 7) is 5.93. The third-order valence-corrected chi connectivity index (χ3v) is 6.25. The molecule has 4 heteroatoms. The highest BCUT2D eigenvalue weighted by Crippen LogP contribution is 2.35. The van der Waals surface area contributed by atoms with Crippen molar-refractivity contribution in [1.82, 2.24) is 0 Å². The van der Waals surface area contributed by atoms with Gasteiger partial charge in [0, 0.05) is 0 Å². The molecular formula is C13H23NO2S. The molecule has 0 bridgehead atoms. The topological polar surface area (TPSA) is 57.9 Å². The molecular weight excluding hydrogens is 234 g/mol. The van der Waals surface area contributed by atoms with Gasteiger partial charge >= 0.3 is 0 Å². The zero-order chi connectivity index (χ0) is 13.1. The second kappa shape index (κ2) is 5.86. The van der Waals surface area contributed by atoms with Gasteiger partial charge in [-0.2, -0.15) is 5.26 Å². The first-order valence-electron chi connectivity index (χ1n) is 6.51. The minimum absolute atomic E-state index is 0.140. The van der Waals surface area contributed by atoms with Crippen molar-refractivity contribution in [2.24, 2.45) is 17.8 Å². The smallest absolute Gasteiger partial charge is 0.154 e. The predicted octanol–water partition coefficient (Wildman–Crippen LogP) is 2.78. The maximum absolute atomic E-state index is 12.3. The van der Waals surface area contributed by atoms with Crippen LogP contribution < -0.4 is 0 Å². The molecule has 0 saturated heterocycles. The number of hydrogen-bond donors (Lipinski definition) is 0. The van der Waals surface area contributed by atoms with Crippen LogP contribution >= 0.6 is 0 Å². The van der Waals surface area contributed by atoms with Crippen LogP contribution in [0.5, 0.6) is 0 Å². The zero-order valence-corrected chi connectivity index (χ0v) is 11.8. The number of hydrogen-bond acceptors (Lipinski definition) is 3. The number of nitrogens with zero attached hydrogens (tertiary/aromatic N) is 1. The summed E-state index contributed by atoms with van der Waals surface area (Å²) in [7, 11) is -3.11. The van der Waals surface area contributed by atoms with Crippen LogP contribution in [0.3, 0.4) is 0 Å². The number of rotatable bonds is 4. The standard InChI is InChI=1S/C13H23NO2S/c1-4-11-5-6-12(8-14)13(7-11)17(15,16)9-10(2)3/h10-13H,4-7,9H2,1-3H3. The molecule has 0 aromatic rings. The van der Waals surface area contributed by atoms with E-state index in [2.05, 4.69) is 13.0 Å². The van der Waals surface area contributed by atoms with Crippen LogP contribution in [0.25, 0.3) is 0 Å². The summed E-state index contributed by atoms with van der Waals surface area (Å²) in [5.41, 5.74) is 0. The summed E-state index contributed by atoms with van der Waals surface area (Å²) in [5, 5.41) is 8.68. The Hall–Kier alpha value is -0.560. The van der Waals surface area contributed by atoms with E-state index >= 15 is 0 Å². The van der Waals surface area contributed by atoms with Crippen molar-refractivity contribution in [2.75, 3.05) is 5.75 Å². The Bertz CT molecular complexity index is 381. The fraction of sp³-hybridized carbons (Fsp3) is 0.923. The summed E-state index contributed by atoms with van der Waals surface area (Å²) in [6.07, 6.45) is 3.45. The second-order valence-corrected chi connectivity index (χ2v) is 7.85. The lowest BCUT2D eigenvalue weighted by Gasteiger charge is -2.32. The van der Waals surface area contributed by atoms with Gasteiger partial charge in [0.1, 0.15) is 0 Å². The molecule has 1 aliphatic carbocycles. The molecule has 1 rings (SSSR count). The minimum atomic E-state index is -3.11. The molecule has 0 aromatic carbocycles. The average Bonchev–Trinajstić information content (AvgIpc) is 2.26. The van der Waals surface area contributed by atoms with E-state index < -0.39 is 15.1 Å². The first kappa shape index (κ1) is 14.5. The Kier molecular flexibility index (Phi) is 5.00. The van der Waals surface area contributed by atoms with Crippen molar-refractivity contribution in [3.63, 3.8) is 0 Å². The van der Waals surface area contributed by atoms with Gasteiger partial charge in [-0.25, -0.2) is 8.42 Å². The van der Waals surface area contributed by atoms with Gasteiger partial charge in [-0.05, 0) is 31.1 Å². The summed E-state index contributed by atoms with van der Waals surface area (Å²) < 4.78 is 24.6. The minimum Gasteiger partial charge on any atom is -0.228 e. The lowest BCUT2D eigenvalue weighted by molar-refractivity contribution is 0.308. The van der Waals surface area contributed by atoms with Gasteiger partial charge in [0.2, 0.25) is 0 Å². The summed E-state index contributed by atoms with van der Waals surface area (Å²) in [4.78, 5) is 0. The van der Waals surface area contributed by atoms with Crippen molar-refractivity contribution in [3.05, 3.63) is 0 Å². The molecule has 17 heavy (non-hydrogen) atoms. The molecule has 3 atom stereocenters. The Balaban J connectivity index is 2.87. The SMILES string of the molecule is CCC1CCC(C#N)C(S(=O)(=O)CC(C)C)C1. The number of sulfone groups is 1. The lowest BCUT2D eigenvalue weighted by Crippen LogP contribution is -2.37. The lowest BCUT2D eigenvalue weighted by atomic mass is 9.81. The monoisotopic (exact) mass is 257 g/mol. The van der Waals surface area contributed by atoms with Crippen LogP contribution in [0.2, 0.25) is 0 Å². The van der Waals surface area contributed by atoms with E-state index in [9.17, 15) is 8.42 Å². The van der Waals surface area contributed by atoms with E-state index in [1.54, 1.807) is 0 Å². The van der Waals surface area contributed by atoms with Gasteiger partial charge in [0.25, 0.3) is 0 Å². The molecule has 1 saturated carbocycles. The zero-order valence-electron chi connectivity index (χ0n) is 11.0. The van der Waals surface area contributed by atoms with Crippen molar-refractivity contribution in [3.8, 4) is 6.07 Å². The van der Waals surface area contributed by atoms with Crippen LogP contribution in [-0.4, -0.2) is 19.4 Å². The molecule has 0 N–H and O–H groups in total. The van der Waals surface area contributed by atoms with E-state index in [1.165, 1.54) is 0 Å². The maximum atomic E-state index is 12.3. The highest BCUT2D eigenvalue weighted by Gasteiger charge is 2.38. The van der Waals surface area contributed by atoms with E-state index in [0.717, 1.165) is 19.3 Å². The van der Waals surface area contributed by atoms with Crippen LogP contribution in [0.15, 0.2) is 0 Å². The van der Waals surface area contributed by atoms with Gasteiger partial charge in [-0.15, -0.1) is 0 Å². The molecule has 0 amide bonds. The molecule has 0 spiro atoms. The van der Waals surface area contributed by atoms with E-state index in [-0.39, 0.29) is 17.6 Å². The Morgan fingerprint density at radius 1 is 1.35 bits per heavy atom. The molecule has 3 unspecified atom stereocenters.